The molecule has 0 saturated carbocycles. The Kier molecular flexibility index (Phi) is 4.43. The molecule has 0 atom stereocenters. The first-order chi connectivity index (χ1) is 9.29. The van der Waals surface area contributed by atoms with Gasteiger partial charge in [0.15, 0.2) is 0 Å². The first kappa shape index (κ1) is 15.4. The summed E-state index contributed by atoms with van der Waals surface area (Å²) in [7, 11) is -3.94. The Balaban J connectivity index is 2.43. The van der Waals surface area contributed by atoms with Gasteiger partial charge in [0, 0.05) is 4.47 Å². The largest absolute Gasteiger partial charge is 0.397 e. The van der Waals surface area contributed by atoms with Crippen molar-refractivity contribution < 1.29 is 8.42 Å². The molecule has 3 N–H and O–H groups in total. The van der Waals surface area contributed by atoms with Gasteiger partial charge in [-0.05, 0) is 24.3 Å². The van der Waals surface area contributed by atoms with Gasteiger partial charge >= 0.3 is 0 Å². The van der Waals surface area contributed by atoms with Gasteiger partial charge in [-0.1, -0.05) is 39.1 Å². The number of hydrogen-bond acceptors (Lipinski definition) is 4. The zero-order chi connectivity index (χ0) is 14.9. The molecule has 1 aromatic heterocycles. The molecule has 0 aliphatic rings. The summed E-state index contributed by atoms with van der Waals surface area (Å²) in [5.41, 5.74) is 5.90. The summed E-state index contributed by atoms with van der Waals surface area (Å²) in [6.45, 7) is 0. The number of pyridine rings is 1. The fourth-order valence-electron chi connectivity index (χ4n) is 1.44. The first-order valence-electron chi connectivity index (χ1n) is 5.18. The van der Waals surface area contributed by atoms with Crippen molar-refractivity contribution in [2.24, 2.45) is 0 Å². The van der Waals surface area contributed by atoms with E-state index in [0.29, 0.717) is 10.2 Å². The second kappa shape index (κ2) is 5.77. The van der Waals surface area contributed by atoms with Crippen molar-refractivity contribution in [2.45, 2.75) is 4.90 Å². The molecule has 0 bridgehead atoms. The van der Waals surface area contributed by atoms with Crippen LogP contribution in [-0.4, -0.2) is 13.4 Å². The minimum Gasteiger partial charge on any atom is -0.397 e. The van der Waals surface area contributed by atoms with E-state index in [1.807, 2.05) is 0 Å². The molecule has 20 heavy (non-hydrogen) atoms. The van der Waals surface area contributed by atoms with Gasteiger partial charge in [-0.3, -0.25) is 4.72 Å². The molecule has 9 heteroatoms. The Morgan fingerprint density at radius 2 is 1.80 bits per heavy atom. The quantitative estimate of drug-likeness (QED) is 0.830. The maximum Gasteiger partial charge on any atom is 0.266 e. The molecule has 0 unspecified atom stereocenters. The molecule has 5 nitrogen and oxygen atoms in total. The summed E-state index contributed by atoms with van der Waals surface area (Å²) in [5, 5.41) is 0.0136. The van der Waals surface area contributed by atoms with Crippen LogP contribution in [0.15, 0.2) is 39.8 Å². The molecule has 1 heterocycles. The average molecular weight is 397 g/mol. The lowest BCUT2D eigenvalue weighted by Crippen LogP contribution is -2.15. The fourth-order valence-corrected chi connectivity index (χ4v) is 4.39. The molecule has 0 amide bonds. The fraction of sp³-hybridized carbons (Fsp3) is 0. The number of nitrogens with zero attached hydrogens (tertiary/aromatic N) is 1. The van der Waals surface area contributed by atoms with Gasteiger partial charge in [0.05, 0.1) is 21.9 Å². The highest BCUT2D eigenvalue weighted by Crippen LogP contribution is 2.33. The topological polar surface area (TPSA) is 85.1 Å². The normalized spacial score (nSPS) is 11.3. The minimum absolute atomic E-state index is 0.00678. The number of sulfonamides is 1. The Morgan fingerprint density at radius 1 is 1.20 bits per heavy atom. The first-order valence-corrected chi connectivity index (χ1v) is 8.22. The Hall–Kier alpha value is -1.02. The van der Waals surface area contributed by atoms with E-state index < -0.39 is 10.0 Å². The summed E-state index contributed by atoms with van der Waals surface area (Å²) in [6, 6.07) is 5.85. The van der Waals surface area contributed by atoms with Crippen molar-refractivity contribution >= 4 is 60.7 Å². The predicted octanol–water partition coefficient (Wildman–Crippen LogP) is 3.53. The van der Waals surface area contributed by atoms with Crippen LogP contribution in [0, 0.1) is 0 Å². The number of nitrogen functional groups attached to an aromatic ring is 1. The Bertz CT molecular complexity index is 728. The molecule has 0 spiro atoms. The van der Waals surface area contributed by atoms with Crippen molar-refractivity contribution in [1.82, 2.24) is 4.98 Å². The SMILES string of the molecule is Nc1ccc(NS(=O)(=O)c2c(Cl)cc(Br)cc2Cl)nc1. The molecule has 2 rings (SSSR count). The van der Waals surface area contributed by atoms with Gasteiger partial charge in [-0.15, -0.1) is 0 Å². The smallest absolute Gasteiger partial charge is 0.266 e. The van der Waals surface area contributed by atoms with E-state index >= 15 is 0 Å². The lowest BCUT2D eigenvalue weighted by molar-refractivity contribution is 0.601. The zero-order valence-corrected chi connectivity index (χ0v) is 13.7. The van der Waals surface area contributed by atoms with E-state index in [1.165, 1.54) is 30.5 Å². The molecule has 2 aromatic rings. The molecule has 1 aromatic carbocycles. The average Bonchev–Trinajstić information content (AvgIpc) is 2.30. The zero-order valence-electron chi connectivity index (χ0n) is 9.77. The Morgan fingerprint density at radius 3 is 2.30 bits per heavy atom. The minimum atomic E-state index is -3.94. The maximum absolute atomic E-state index is 12.3. The van der Waals surface area contributed by atoms with Gasteiger partial charge in [0.2, 0.25) is 0 Å². The number of hydrogen-bond donors (Lipinski definition) is 2. The summed E-state index contributed by atoms with van der Waals surface area (Å²) >= 11 is 15.1. The van der Waals surface area contributed by atoms with E-state index in [-0.39, 0.29) is 20.8 Å². The van der Waals surface area contributed by atoms with Crippen LogP contribution in [0.3, 0.4) is 0 Å². The predicted molar refractivity (Wildman–Crippen MR) is 83.6 cm³/mol. The van der Waals surface area contributed by atoms with Crippen molar-refractivity contribution in [3.8, 4) is 0 Å². The lowest BCUT2D eigenvalue weighted by Gasteiger charge is -2.11. The highest BCUT2D eigenvalue weighted by Gasteiger charge is 2.22. The van der Waals surface area contributed by atoms with Crippen molar-refractivity contribution in [3.05, 3.63) is 45.0 Å². The van der Waals surface area contributed by atoms with Crippen LogP contribution in [0.2, 0.25) is 10.0 Å². The third kappa shape index (κ3) is 3.35. The third-order valence-corrected chi connectivity index (χ3v) is 4.99. The summed E-state index contributed by atoms with van der Waals surface area (Å²) in [5.74, 6) is 0.120. The molecule has 0 radical (unpaired) electrons. The summed E-state index contributed by atoms with van der Waals surface area (Å²) in [6.07, 6.45) is 1.34. The molecule has 0 fully saturated rings. The molecule has 0 saturated heterocycles. The molecular weight excluding hydrogens is 389 g/mol. The second-order valence-electron chi connectivity index (χ2n) is 3.78. The number of nitrogens with two attached hydrogens (primary N) is 1. The van der Waals surface area contributed by atoms with Crippen LogP contribution in [0.5, 0.6) is 0 Å². The number of rotatable bonds is 3. The highest BCUT2D eigenvalue weighted by molar-refractivity contribution is 9.10. The molecule has 106 valence electrons. The van der Waals surface area contributed by atoms with E-state index in [2.05, 4.69) is 25.6 Å². The lowest BCUT2D eigenvalue weighted by atomic mass is 10.4. The van der Waals surface area contributed by atoms with E-state index in [1.54, 1.807) is 0 Å². The number of benzene rings is 1. The van der Waals surface area contributed by atoms with Gasteiger partial charge in [0.1, 0.15) is 10.7 Å². The van der Waals surface area contributed by atoms with Gasteiger partial charge < -0.3 is 5.73 Å². The van der Waals surface area contributed by atoms with Crippen LogP contribution in [-0.2, 0) is 10.0 Å². The highest BCUT2D eigenvalue weighted by atomic mass is 79.9. The van der Waals surface area contributed by atoms with E-state index in [4.69, 9.17) is 28.9 Å². The number of nitrogens with one attached hydrogen (secondary N) is 1. The summed E-state index contributed by atoms with van der Waals surface area (Å²) in [4.78, 5) is 3.65. The molecular formula is C11H8BrCl2N3O2S. The standard InChI is InChI=1S/C11H8BrCl2N3O2S/c12-6-3-8(13)11(9(14)4-6)20(18,19)17-10-2-1-7(15)5-16-10/h1-5H,15H2,(H,16,17). The van der Waals surface area contributed by atoms with Crippen molar-refractivity contribution in [2.75, 3.05) is 10.5 Å². The van der Waals surface area contributed by atoms with Crippen molar-refractivity contribution in [1.29, 1.82) is 0 Å². The number of aromatic nitrogens is 1. The van der Waals surface area contributed by atoms with E-state index in [9.17, 15) is 8.42 Å². The van der Waals surface area contributed by atoms with Crippen LogP contribution >= 0.6 is 39.1 Å². The van der Waals surface area contributed by atoms with Crippen molar-refractivity contribution in [3.63, 3.8) is 0 Å². The van der Waals surface area contributed by atoms with Gasteiger partial charge in [-0.2, -0.15) is 0 Å². The van der Waals surface area contributed by atoms with Gasteiger partial charge in [-0.25, -0.2) is 13.4 Å². The Labute approximate surface area is 134 Å². The van der Waals surface area contributed by atoms with Crippen LogP contribution in [0.25, 0.3) is 0 Å². The maximum atomic E-state index is 12.3. The van der Waals surface area contributed by atoms with Gasteiger partial charge in [0.25, 0.3) is 10.0 Å². The second-order valence-corrected chi connectivity index (χ2v) is 7.13. The third-order valence-electron chi connectivity index (χ3n) is 2.26. The monoisotopic (exact) mass is 395 g/mol. The van der Waals surface area contributed by atoms with E-state index in [0.717, 1.165) is 0 Å². The number of halogens is 3. The van der Waals surface area contributed by atoms with Crippen LogP contribution < -0.4 is 10.5 Å². The molecule has 0 aliphatic carbocycles. The molecule has 0 aliphatic heterocycles. The number of anilines is 2. The van der Waals surface area contributed by atoms with Crippen LogP contribution in [0.1, 0.15) is 0 Å². The summed E-state index contributed by atoms with van der Waals surface area (Å²) < 4.78 is 27.4. The van der Waals surface area contributed by atoms with Crippen LogP contribution in [0.4, 0.5) is 11.5 Å².